The van der Waals surface area contributed by atoms with Gasteiger partial charge in [0.1, 0.15) is 11.6 Å². The average molecular weight is 239 g/mol. The van der Waals surface area contributed by atoms with Crippen LogP contribution in [0.5, 0.6) is 5.75 Å². The number of pyridine rings is 1. The number of aryl methyl sites for hydroxylation is 1. The lowest BCUT2D eigenvalue weighted by Crippen LogP contribution is -1.94. The summed E-state index contributed by atoms with van der Waals surface area (Å²) < 4.78 is 1.99. The van der Waals surface area contributed by atoms with E-state index in [1.807, 2.05) is 36.7 Å². The molecule has 0 atom stereocenters. The van der Waals surface area contributed by atoms with Gasteiger partial charge in [-0.3, -0.25) is 4.98 Å². The van der Waals surface area contributed by atoms with Crippen molar-refractivity contribution < 1.29 is 5.11 Å². The Morgan fingerprint density at radius 3 is 2.83 bits per heavy atom. The summed E-state index contributed by atoms with van der Waals surface area (Å²) in [6.07, 6.45) is 3.53. The molecule has 0 radical (unpaired) electrons. The number of fused-ring (bicyclic) bond motifs is 1. The molecule has 2 aromatic heterocycles. The monoisotopic (exact) mass is 239 g/mol. The molecule has 1 N–H and O–H groups in total. The molecular weight excluding hydrogens is 226 g/mol. The first-order valence-corrected chi connectivity index (χ1v) is 5.74. The Bertz CT molecular complexity index is 731. The summed E-state index contributed by atoms with van der Waals surface area (Å²) in [5.41, 5.74) is 3.66. The zero-order chi connectivity index (χ0) is 12.7. The van der Waals surface area contributed by atoms with Gasteiger partial charge in [-0.05, 0) is 19.1 Å². The molecule has 0 saturated heterocycles. The van der Waals surface area contributed by atoms with E-state index in [4.69, 9.17) is 0 Å². The molecule has 18 heavy (non-hydrogen) atoms. The summed E-state index contributed by atoms with van der Waals surface area (Å²) in [4.78, 5) is 8.71. The summed E-state index contributed by atoms with van der Waals surface area (Å²) >= 11 is 0. The Hall–Kier alpha value is -2.36. The van der Waals surface area contributed by atoms with Gasteiger partial charge in [0, 0.05) is 24.4 Å². The maximum Gasteiger partial charge on any atom is 0.141 e. The maximum absolute atomic E-state index is 9.78. The number of phenols is 1. The largest absolute Gasteiger partial charge is 0.508 e. The average Bonchev–Trinajstić information content (AvgIpc) is 2.71. The number of hydrogen-bond donors (Lipinski definition) is 1. The Labute approximate surface area is 105 Å². The molecule has 0 aliphatic carbocycles. The van der Waals surface area contributed by atoms with Crippen LogP contribution in [0.2, 0.25) is 0 Å². The molecule has 4 heteroatoms. The van der Waals surface area contributed by atoms with E-state index in [1.54, 1.807) is 18.5 Å². The predicted octanol–water partition coefficient (Wildman–Crippen LogP) is 2.65. The minimum atomic E-state index is 0.290. The lowest BCUT2D eigenvalue weighted by atomic mass is 10.1. The standard InChI is InChI=1S/C14H13N3O/c1-9-10(4-3-5-13(9)18)14-16-11-6-7-15-8-12(11)17(14)2/h3-8,18H,1-2H3. The van der Waals surface area contributed by atoms with Crippen molar-refractivity contribution in [1.82, 2.24) is 14.5 Å². The molecule has 3 aromatic rings. The number of hydrogen-bond acceptors (Lipinski definition) is 3. The van der Waals surface area contributed by atoms with Gasteiger partial charge >= 0.3 is 0 Å². The van der Waals surface area contributed by atoms with Gasteiger partial charge in [0.15, 0.2) is 0 Å². The molecule has 1 aromatic carbocycles. The molecule has 0 unspecified atom stereocenters. The highest BCUT2D eigenvalue weighted by Crippen LogP contribution is 2.30. The molecule has 0 saturated carbocycles. The molecule has 90 valence electrons. The van der Waals surface area contributed by atoms with Crippen LogP contribution in [-0.4, -0.2) is 19.6 Å². The molecule has 0 aliphatic rings. The van der Waals surface area contributed by atoms with Gasteiger partial charge in [0.2, 0.25) is 0 Å². The molecule has 4 nitrogen and oxygen atoms in total. The smallest absolute Gasteiger partial charge is 0.141 e. The maximum atomic E-state index is 9.78. The van der Waals surface area contributed by atoms with Crippen molar-refractivity contribution in [2.45, 2.75) is 6.92 Å². The number of nitrogens with zero attached hydrogens (tertiary/aromatic N) is 3. The van der Waals surface area contributed by atoms with E-state index in [2.05, 4.69) is 9.97 Å². The fourth-order valence-corrected chi connectivity index (χ4v) is 2.14. The molecule has 0 amide bonds. The van der Waals surface area contributed by atoms with Crippen LogP contribution in [0.3, 0.4) is 0 Å². The zero-order valence-corrected chi connectivity index (χ0v) is 10.3. The molecule has 3 rings (SSSR count). The third-order valence-corrected chi connectivity index (χ3v) is 3.23. The van der Waals surface area contributed by atoms with E-state index in [1.165, 1.54) is 0 Å². The van der Waals surface area contributed by atoms with Gasteiger partial charge in [-0.2, -0.15) is 0 Å². The molecule has 0 spiro atoms. The van der Waals surface area contributed by atoms with Crippen molar-refractivity contribution in [3.8, 4) is 17.1 Å². The molecule has 0 bridgehead atoms. The predicted molar refractivity (Wildman–Crippen MR) is 70.3 cm³/mol. The minimum absolute atomic E-state index is 0.290. The summed E-state index contributed by atoms with van der Waals surface area (Å²) in [5, 5.41) is 9.78. The fraction of sp³-hybridized carbons (Fsp3) is 0.143. The van der Waals surface area contributed by atoms with Crippen LogP contribution in [0.1, 0.15) is 5.56 Å². The fourth-order valence-electron chi connectivity index (χ4n) is 2.14. The van der Waals surface area contributed by atoms with Gasteiger partial charge < -0.3 is 9.67 Å². The van der Waals surface area contributed by atoms with Crippen molar-refractivity contribution in [1.29, 1.82) is 0 Å². The van der Waals surface area contributed by atoms with Gasteiger partial charge in [-0.15, -0.1) is 0 Å². The van der Waals surface area contributed by atoms with Crippen LogP contribution in [0.25, 0.3) is 22.4 Å². The topological polar surface area (TPSA) is 50.9 Å². The van der Waals surface area contributed by atoms with Crippen molar-refractivity contribution in [2.75, 3.05) is 0 Å². The molecule has 0 aliphatic heterocycles. The van der Waals surface area contributed by atoms with Crippen molar-refractivity contribution in [2.24, 2.45) is 7.05 Å². The second kappa shape index (κ2) is 3.84. The first-order valence-electron chi connectivity index (χ1n) is 5.74. The number of aromatic hydroxyl groups is 1. The summed E-state index contributed by atoms with van der Waals surface area (Å²) in [6, 6.07) is 7.36. The number of rotatable bonds is 1. The van der Waals surface area contributed by atoms with Crippen molar-refractivity contribution in [3.05, 3.63) is 42.2 Å². The van der Waals surface area contributed by atoms with E-state index in [0.29, 0.717) is 0 Å². The normalized spacial score (nSPS) is 11.0. The van der Waals surface area contributed by atoms with E-state index in [9.17, 15) is 5.11 Å². The second-order valence-electron chi connectivity index (χ2n) is 4.31. The first-order chi connectivity index (χ1) is 8.68. The second-order valence-corrected chi connectivity index (χ2v) is 4.31. The van der Waals surface area contributed by atoms with E-state index < -0.39 is 0 Å². The van der Waals surface area contributed by atoms with Crippen LogP contribution in [0, 0.1) is 6.92 Å². The SMILES string of the molecule is Cc1c(O)cccc1-c1nc2ccncc2n1C. The summed E-state index contributed by atoms with van der Waals surface area (Å²) in [7, 11) is 1.95. The zero-order valence-electron chi connectivity index (χ0n) is 10.3. The number of phenolic OH excluding ortho intramolecular Hbond substituents is 1. The number of aromatic nitrogens is 3. The van der Waals surface area contributed by atoms with Gasteiger partial charge in [0.05, 0.1) is 17.2 Å². The Kier molecular flexibility index (Phi) is 2.30. The molecular formula is C14H13N3O. The van der Waals surface area contributed by atoms with Gasteiger partial charge in [0.25, 0.3) is 0 Å². The van der Waals surface area contributed by atoms with Crippen LogP contribution in [0.4, 0.5) is 0 Å². The molecule has 2 heterocycles. The molecule has 0 fully saturated rings. The minimum Gasteiger partial charge on any atom is -0.508 e. The van der Waals surface area contributed by atoms with Crippen LogP contribution in [0.15, 0.2) is 36.7 Å². The van der Waals surface area contributed by atoms with Crippen molar-refractivity contribution >= 4 is 11.0 Å². The third-order valence-electron chi connectivity index (χ3n) is 3.23. The number of imidazole rings is 1. The lowest BCUT2D eigenvalue weighted by Gasteiger charge is -2.07. The first kappa shape index (κ1) is 10.8. The summed E-state index contributed by atoms with van der Waals surface area (Å²) in [5.74, 6) is 1.13. The Morgan fingerprint density at radius 1 is 1.22 bits per heavy atom. The third kappa shape index (κ3) is 1.46. The van der Waals surface area contributed by atoms with E-state index in [-0.39, 0.29) is 5.75 Å². The van der Waals surface area contributed by atoms with Crippen LogP contribution < -0.4 is 0 Å². The Balaban J connectivity index is 2.32. The van der Waals surface area contributed by atoms with Gasteiger partial charge in [-0.1, -0.05) is 12.1 Å². The van der Waals surface area contributed by atoms with E-state index in [0.717, 1.165) is 28.0 Å². The quantitative estimate of drug-likeness (QED) is 0.710. The lowest BCUT2D eigenvalue weighted by molar-refractivity contribution is 0.471. The van der Waals surface area contributed by atoms with Gasteiger partial charge in [-0.25, -0.2) is 4.98 Å². The van der Waals surface area contributed by atoms with Crippen LogP contribution in [-0.2, 0) is 7.05 Å². The number of benzene rings is 1. The van der Waals surface area contributed by atoms with E-state index >= 15 is 0 Å². The van der Waals surface area contributed by atoms with Crippen molar-refractivity contribution in [3.63, 3.8) is 0 Å². The Morgan fingerprint density at radius 2 is 2.06 bits per heavy atom. The highest BCUT2D eigenvalue weighted by Gasteiger charge is 2.13. The van der Waals surface area contributed by atoms with Crippen LogP contribution >= 0.6 is 0 Å². The summed E-state index contributed by atoms with van der Waals surface area (Å²) in [6.45, 7) is 1.89. The highest BCUT2D eigenvalue weighted by atomic mass is 16.3. The highest BCUT2D eigenvalue weighted by molar-refractivity contribution is 5.80.